The molecule has 1 atom stereocenters. The van der Waals surface area contributed by atoms with Crippen LogP contribution in [0.3, 0.4) is 0 Å². The van der Waals surface area contributed by atoms with Gasteiger partial charge >= 0.3 is 0 Å². The molecule has 0 aromatic heterocycles. The molecule has 1 amide bonds. The number of benzene rings is 2. The highest BCUT2D eigenvalue weighted by molar-refractivity contribution is 7.90. The Bertz CT molecular complexity index is 843. The van der Waals surface area contributed by atoms with Gasteiger partial charge in [-0.2, -0.15) is 0 Å². The molecule has 0 heterocycles. The van der Waals surface area contributed by atoms with Gasteiger partial charge in [-0.3, -0.25) is 4.79 Å². The van der Waals surface area contributed by atoms with E-state index in [1.807, 2.05) is 18.2 Å². The monoisotopic (exact) mass is 329 g/mol. The van der Waals surface area contributed by atoms with Crippen LogP contribution < -0.4 is 4.72 Å². The molecule has 4 nitrogen and oxygen atoms in total. The number of rotatable bonds is 3. The number of hydrogen-bond donors (Lipinski definition) is 1. The summed E-state index contributed by atoms with van der Waals surface area (Å²) in [5, 5.41) is 0. The first-order valence-corrected chi connectivity index (χ1v) is 9.15. The molecule has 2 aromatic carbocycles. The second-order valence-corrected chi connectivity index (χ2v) is 7.59. The predicted octanol–water partition coefficient (Wildman–Crippen LogP) is 2.61. The molecule has 0 saturated heterocycles. The molecule has 1 aliphatic carbocycles. The summed E-state index contributed by atoms with van der Waals surface area (Å²) < 4.78 is 27.1. The average Bonchev–Trinajstić information content (AvgIpc) is 2.54. The molecule has 23 heavy (non-hydrogen) atoms. The summed E-state index contributed by atoms with van der Waals surface area (Å²) in [6, 6.07) is 14.7. The normalized spacial score (nSPS) is 17.3. The molecule has 0 radical (unpaired) electrons. The average molecular weight is 329 g/mol. The van der Waals surface area contributed by atoms with Crippen molar-refractivity contribution in [1.82, 2.24) is 4.72 Å². The summed E-state index contributed by atoms with van der Waals surface area (Å²) in [6.45, 7) is 1.72. The van der Waals surface area contributed by atoms with Gasteiger partial charge in [-0.25, -0.2) is 13.1 Å². The fraction of sp³-hybridized carbons (Fsp3) is 0.278. The zero-order chi connectivity index (χ0) is 16.4. The van der Waals surface area contributed by atoms with Gasteiger partial charge in [-0.15, -0.1) is 0 Å². The Morgan fingerprint density at radius 1 is 1.04 bits per heavy atom. The topological polar surface area (TPSA) is 63.2 Å². The lowest BCUT2D eigenvalue weighted by molar-refractivity contribution is -0.123. The van der Waals surface area contributed by atoms with Crippen LogP contribution in [0.5, 0.6) is 0 Å². The first kappa shape index (κ1) is 15.7. The number of sulfonamides is 1. The molecule has 1 N–H and O–H groups in total. The first-order valence-electron chi connectivity index (χ1n) is 7.66. The van der Waals surface area contributed by atoms with Crippen molar-refractivity contribution in [1.29, 1.82) is 0 Å². The molecule has 0 saturated carbocycles. The molecule has 0 bridgehead atoms. The van der Waals surface area contributed by atoms with E-state index in [0.29, 0.717) is 18.4 Å². The highest BCUT2D eigenvalue weighted by Gasteiger charge is 2.28. The zero-order valence-electron chi connectivity index (χ0n) is 13.0. The van der Waals surface area contributed by atoms with E-state index in [-0.39, 0.29) is 10.8 Å². The molecular formula is C18H19NO3S. The number of amides is 1. The maximum absolute atomic E-state index is 12.4. The van der Waals surface area contributed by atoms with Crippen molar-refractivity contribution >= 4 is 15.9 Å². The van der Waals surface area contributed by atoms with Crippen molar-refractivity contribution in [3.05, 3.63) is 65.2 Å². The van der Waals surface area contributed by atoms with Gasteiger partial charge < -0.3 is 0 Å². The van der Waals surface area contributed by atoms with Crippen LogP contribution in [-0.4, -0.2) is 14.3 Å². The van der Waals surface area contributed by atoms with Crippen LogP contribution in [-0.2, 0) is 27.7 Å². The fourth-order valence-electron chi connectivity index (χ4n) is 3.05. The number of fused-ring (bicyclic) bond motifs is 1. The van der Waals surface area contributed by atoms with Gasteiger partial charge in [0.2, 0.25) is 5.91 Å². The summed E-state index contributed by atoms with van der Waals surface area (Å²) in [6.07, 6.45) is 2.07. The molecule has 0 fully saturated rings. The van der Waals surface area contributed by atoms with E-state index in [1.165, 1.54) is 11.6 Å². The van der Waals surface area contributed by atoms with Gasteiger partial charge in [0.15, 0.2) is 0 Å². The highest BCUT2D eigenvalue weighted by Crippen LogP contribution is 2.26. The SMILES string of the molecule is Cc1ccccc1S(=O)(=O)NC(=O)C1CCc2ccccc2C1. The molecular weight excluding hydrogens is 310 g/mol. The molecule has 3 rings (SSSR count). The Morgan fingerprint density at radius 2 is 1.70 bits per heavy atom. The van der Waals surface area contributed by atoms with Gasteiger partial charge in [0.25, 0.3) is 10.0 Å². The van der Waals surface area contributed by atoms with Crippen molar-refractivity contribution in [2.75, 3.05) is 0 Å². The van der Waals surface area contributed by atoms with E-state index in [2.05, 4.69) is 10.8 Å². The quantitative estimate of drug-likeness (QED) is 0.941. The lowest BCUT2D eigenvalue weighted by Gasteiger charge is -2.23. The van der Waals surface area contributed by atoms with Gasteiger partial charge in [-0.05, 0) is 48.9 Å². The van der Waals surface area contributed by atoms with Crippen molar-refractivity contribution < 1.29 is 13.2 Å². The number of nitrogens with one attached hydrogen (secondary N) is 1. The maximum Gasteiger partial charge on any atom is 0.264 e. The van der Waals surface area contributed by atoms with E-state index in [9.17, 15) is 13.2 Å². The van der Waals surface area contributed by atoms with E-state index in [4.69, 9.17) is 0 Å². The lowest BCUT2D eigenvalue weighted by Crippen LogP contribution is -2.38. The van der Waals surface area contributed by atoms with Crippen LogP contribution in [0.2, 0.25) is 0 Å². The van der Waals surface area contributed by atoms with E-state index in [1.54, 1.807) is 25.1 Å². The lowest BCUT2D eigenvalue weighted by atomic mass is 9.84. The maximum atomic E-state index is 12.4. The van der Waals surface area contributed by atoms with Crippen LogP contribution in [0.1, 0.15) is 23.1 Å². The molecule has 120 valence electrons. The second-order valence-electron chi connectivity index (χ2n) is 5.94. The number of hydrogen-bond acceptors (Lipinski definition) is 3. The summed E-state index contributed by atoms with van der Waals surface area (Å²) in [4.78, 5) is 12.6. The molecule has 1 aliphatic rings. The van der Waals surface area contributed by atoms with E-state index in [0.717, 1.165) is 12.0 Å². The highest BCUT2D eigenvalue weighted by atomic mass is 32.2. The van der Waals surface area contributed by atoms with Crippen molar-refractivity contribution in [3.63, 3.8) is 0 Å². The van der Waals surface area contributed by atoms with E-state index >= 15 is 0 Å². The summed E-state index contributed by atoms with van der Waals surface area (Å²) in [7, 11) is -3.82. The molecule has 2 aromatic rings. The molecule has 0 spiro atoms. The van der Waals surface area contributed by atoms with Gasteiger partial charge in [-0.1, -0.05) is 42.5 Å². The van der Waals surface area contributed by atoms with Crippen molar-refractivity contribution in [3.8, 4) is 0 Å². The third kappa shape index (κ3) is 3.29. The van der Waals surface area contributed by atoms with Crippen LogP contribution in [0.4, 0.5) is 0 Å². The third-order valence-electron chi connectivity index (χ3n) is 4.34. The van der Waals surface area contributed by atoms with Crippen LogP contribution in [0.15, 0.2) is 53.4 Å². The van der Waals surface area contributed by atoms with Crippen LogP contribution in [0.25, 0.3) is 0 Å². The number of aryl methyl sites for hydroxylation is 2. The largest absolute Gasteiger partial charge is 0.274 e. The standard InChI is InChI=1S/C18H19NO3S/c1-13-6-2-5-9-17(13)23(21,22)19-18(20)16-11-10-14-7-3-4-8-15(14)12-16/h2-9,16H,10-12H2,1H3,(H,19,20). The smallest absolute Gasteiger partial charge is 0.264 e. The van der Waals surface area contributed by atoms with Crippen molar-refractivity contribution in [2.24, 2.45) is 5.92 Å². The van der Waals surface area contributed by atoms with Gasteiger partial charge in [0, 0.05) is 5.92 Å². The Labute approximate surface area is 136 Å². The molecule has 5 heteroatoms. The predicted molar refractivity (Wildman–Crippen MR) is 88.5 cm³/mol. The van der Waals surface area contributed by atoms with E-state index < -0.39 is 15.9 Å². The first-order chi connectivity index (χ1) is 11.0. The Balaban J connectivity index is 1.77. The number of carbonyl (C=O) groups is 1. The van der Waals surface area contributed by atoms with Crippen molar-refractivity contribution in [2.45, 2.75) is 31.1 Å². The van der Waals surface area contributed by atoms with Gasteiger partial charge in [0.1, 0.15) is 0 Å². The molecule has 0 aliphatic heterocycles. The molecule has 1 unspecified atom stereocenters. The minimum absolute atomic E-state index is 0.157. The summed E-state index contributed by atoms with van der Waals surface area (Å²) >= 11 is 0. The van der Waals surface area contributed by atoms with Crippen LogP contribution >= 0.6 is 0 Å². The fourth-order valence-corrected chi connectivity index (χ4v) is 4.34. The third-order valence-corrected chi connectivity index (χ3v) is 5.84. The Hall–Kier alpha value is -2.14. The summed E-state index contributed by atoms with van der Waals surface area (Å²) in [5.41, 5.74) is 3.01. The zero-order valence-corrected chi connectivity index (χ0v) is 13.8. The van der Waals surface area contributed by atoms with Crippen LogP contribution in [0, 0.1) is 12.8 Å². The second kappa shape index (κ2) is 6.16. The van der Waals surface area contributed by atoms with Gasteiger partial charge in [0.05, 0.1) is 4.90 Å². The minimum atomic E-state index is -3.82. The summed E-state index contributed by atoms with van der Waals surface area (Å²) in [5.74, 6) is -0.716. The Kier molecular flexibility index (Phi) is 4.22. The minimum Gasteiger partial charge on any atom is -0.274 e. The Morgan fingerprint density at radius 3 is 2.43 bits per heavy atom. The number of carbonyl (C=O) groups excluding carboxylic acids is 1.